The van der Waals surface area contributed by atoms with Crippen LogP contribution in [0.25, 0.3) is 0 Å². The molecule has 0 atom stereocenters. The van der Waals surface area contributed by atoms with Crippen molar-refractivity contribution in [2.75, 3.05) is 9.87 Å². The molecule has 1 saturated carbocycles. The first-order chi connectivity index (χ1) is 7.22. The van der Waals surface area contributed by atoms with Crippen LogP contribution in [0, 0.1) is 0 Å². The van der Waals surface area contributed by atoms with Crippen LogP contribution in [-0.2, 0) is 0 Å². The third kappa shape index (κ3) is 2.62. The Morgan fingerprint density at radius 1 is 1.53 bits per heavy atom. The van der Waals surface area contributed by atoms with Crippen LogP contribution in [0.3, 0.4) is 0 Å². The second kappa shape index (κ2) is 4.68. The van der Waals surface area contributed by atoms with Crippen molar-refractivity contribution in [1.82, 2.24) is 4.98 Å². The lowest BCUT2D eigenvalue weighted by molar-refractivity contribution is 0.853. The van der Waals surface area contributed by atoms with Gasteiger partial charge in [0.25, 0.3) is 0 Å². The van der Waals surface area contributed by atoms with E-state index < -0.39 is 0 Å². The lowest BCUT2D eigenvalue weighted by Gasteiger charge is -2.13. The fraction of sp³-hybridized carbons (Fsp3) is 0.583. The number of rotatable bonds is 4. The zero-order valence-electron chi connectivity index (χ0n) is 9.26. The normalized spacial score (nSPS) is 15.7. The van der Waals surface area contributed by atoms with E-state index in [2.05, 4.69) is 52.8 Å². The maximum absolute atomic E-state index is 4.53. The molecule has 1 aromatic rings. The Kier molecular flexibility index (Phi) is 3.49. The van der Waals surface area contributed by atoms with Crippen LogP contribution in [0.2, 0.25) is 0 Å². The highest BCUT2D eigenvalue weighted by molar-refractivity contribution is 14.1. The van der Waals surface area contributed by atoms with Crippen LogP contribution in [0.15, 0.2) is 12.3 Å². The van der Waals surface area contributed by atoms with Gasteiger partial charge < -0.3 is 5.32 Å². The molecule has 15 heavy (non-hydrogen) atoms. The molecule has 0 amide bonds. The molecular weight excluding hydrogens is 299 g/mol. The van der Waals surface area contributed by atoms with Crippen molar-refractivity contribution in [3.05, 3.63) is 23.4 Å². The van der Waals surface area contributed by atoms with E-state index in [4.69, 9.17) is 0 Å². The molecule has 0 bridgehead atoms. The highest BCUT2D eigenvalue weighted by Crippen LogP contribution is 2.41. The smallest absolute Gasteiger partial charge is 0.130 e. The van der Waals surface area contributed by atoms with E-state index >= 15 is 0 Å². The minimum Gasteiger partial charge on any atom is -0.361 e. The van der Waals surface area contributed by atoms with Crippen LogP contribution < -0.4 is 5.32 Å². The molecule has 0 unspecified atom stereocenters. The molecule has 1 heterocycles. The van der Waals surface area contributed by atoms with E-state index in [9.17, 15) is 0 Å². The highest BCUT2D eigenvalue weighted by atomic mass is 127. The molecule has 1 aliphatic rings. The molecule has 1 aromatic heterocycles. The minimum atomic E-state index is 0.543. The van der Waals surface area contributed by atoms with E-state index in [1.807, 2.05) is 6.20 Å². The molecule has 1 aliphatic carbocycles. The standard InChI is InChI=1S/C12H17IN2/c1-8(2)11-5-10(9-3-4-9)6-14-12(11)15-7-13/h5-6,8-9H,3-4,7H2,1-2H3,(H,14,15). The Morgan fingerprint density at radius 2 is 2.27 bits per heavy atom. The average molecular weight is 316 g/mol. The number of aromatic nitrogens is 1. The van der Waals surface area contributed by atoms with Crippen LogP contribution >= 0.6 is 22.6 Å². The van der Waals surface area contributed by atoms with Gasteiger partial charge in [-0.1, -0.05) is 42.5 Å². The summed E-state index contributed by atoms with van der Waals surface area (Å²) in [5.41, 5.74) is 2.79. The number of alkyl halides is 1. The number of hydrogen-bond acceptors (Lipinski definition) is 2. The topological polar surface area (TPSA) is 24.9 Å². The molecule has 3 heteroatoms. The summed E-state index contributed by atoms with van der Waals surface area (Å²) < 4.78 is 0.910. The van der Waals surface area contributed by atoms with Gasteiger partial charge in [0.15, 0.2) is 0 Å². The maximum Gasteiger partial charge on any atom is 0.130 e. The van der Waals surface area contributed by atoms with Crippen LogP contribution in [0.1, 0.15) is 49.7 Å². The molecule has 0 aromatic carbocycles. The second-order valence-electron chi connectivity index (χ2n) is 4.45. The van der Waals surface area contributed by atoms with E-state index in [0.29, 0.717) is 5.92 Å². The molecule has 2 rings (SSSR count). The summed E-state index contributed by atoms with van der Waals surface area (Å²) >= 11 is 2.31. The Morgan fingerprint density at radius 3 is 2.80 bits per heavy atom. The quantitative estimate of drug-likeness (QED) is 0.518. The van der Waals surface area contributed by atoms with Crippen molar-refractivity contribution in [3.8, 4) is 0 Å². The molecule has 0 saturated heterocycles. The van der Waals surface area contributed by atoms with E-state index in [1.54, 1.807) is 0 Å². The first-order valence-corrected chi connectivity index (χ1v) is 7.04. The summed E-state index contributed by atoms with van der Waals surface area (Å²) in [4.78, 5) is 4.53. The lowest BCUT2D eigenvalue weighted by Crippen LogP contribution is -2.04. The Balaban J connectivity index is 2.30. The second-order valence-corrected chi connectivity index (χ2v) is 5.21. The van der Waals surface area contributed by atoms with Crippen molar-refractivity contribution in [1.29, 1.82) is 0 Å². The predicted molar refractivity (Wildman–Crippen MR) is 72.8 cm³/mol. The van der Waals surface area contributed by atoms with E-state index in [1.165, 1.54) is 24.0 Å². The van der Waals surface area contributed by atoms with Crippen molar-refractivity contribution in [2.45, 2.75) is 38.5 Å². The van der Waals surface area contributed by atoms with Gasteiger partial charge in [-0.3, -0.25) is 0 Å². The fourth-order valence-electron chi connectivity index (χ4n) is 1.79. The van der Waals surface area contributed by atoms with Crippen LogP contribution in [0.4, 0.5) is 5.82 Å². The Labute approximate surface area is 105 Å². The van der Waals surface area contributed by atoms with Gasteiger partial charge >= 0.3 is 0 Å². The molecule has 1 N–H and O–H groups in total. The minimum absolute atomic E-state index is 0.543. The average Bonchev–Trinajstić information content (AvgIpc) is 3.02. The third-order valence-electron chi connectivity index (χ3n) is 2.84. The first kappa shape index (κ1) is 11.2. The number of pyridine rings is 1. The predicted octanol–water partition coefficient (Wildman–Crippen LogP) is 3.89. The highest BCUT2D eigenvalue weighted by Gasteiger charge is 2.24. The lowest BCUT2D eigenvalue weighted by atomic mass is 10.0. The van der Waals surface area contributed by atoms with Gasteiger partial charge in [0, 0.05) is 6.20 Å². The van der Waals surface area contributed by atoms with Gasteiger partial charge in [-0.2, -0.15) is 0 Å². The summed E-state index contributed by atoms with van der Waals surface area (Å²) in [6.07, 6.45) is 4.73. The number of hydrogen-bond donors (Lipinski definition) is 1. The van der Waals surface area contributed by atoms with Gasteiger partial charge in [0.1, 0.15) is 5.82 Å². The Hall–Kier alpha value is -0.320. The molecule has 0 aliphatic heterocycles. The molecule has 2 nitrogen and oxygen atoms in total. The number of nitrogens with one attached hydrogen (secondary N) is 1. The van der Waals surface area contributed by atoms with Crippen molar-refractivity contribution < 1.29 is 0 Å². The van der Waals surface area contributed by atoms with E-state index in [-0.39, 0.29) is 0 Å². The SMILES string of the molecule is CC(C)c1cc(C2CC2)cnc1NCI. The zero-order chi connectivity index (χ0) is 10.8. The van der Waals surface area contributed by atoms with Gasteiger partial charge in [0.05, 0.1) is 4.55 Å². The summed E-state index contributed by atoms with van der Waals surface area (Å²) in [6.45, 7) is 4.46. The molecular formula is C12H17IN2. The fourth-order valence-corrected chi connectivity index (χ4v) is 2.15. The van der Waals surface area contributed by atoms with Crippen molar-refractivity contribution in [2.24, 2.45) is 0 Å². The largest absolute Gasteiger partial charge is 0.361 e. The molecule has 0 radical (unpaired) electrons. The molecule has 82 valence electrons. The number of anilines is 1. The summed E-state index contributed by atoms with van der Waals surface area (Å²) in [5.74, 6) is 2.40. The third-order valence-corrected chi connectivity index (χ3v) is 3.22. The number of nitrogens with zero attached hydrogens (tertiary/aromatic N) is 1. The zero-order valence-corrected chi connectivity index (χ0v) is 11.4. The van der Waals surface area contributed by atoms with Gasteiger partial charge in [-0.15, -0.1) is 0 Å². The monoisotopic (exact) mass is 316 g/mol. The van der Waals surface area contributed by atoms with Gasteiger partial charge in [-0.05, 0) is 35.8 Å². The molecule has 1 fully saturated rings. The van der Waals surface area contributed by atoms with Crippen molar-refractivity contribution >= 4 is 28.4 Å². The van der Waals surface area contributed by atoms with Gasteiger partial charge in [-0.25, -0.2) is 4.98 Å². The van der Waals surface area contributed by atoms with Crippen LogP contribution in [-0.4, -0.2) is 9.54 Å². The number of halogens is 1. The van der Waals surface area contributed by atoms with E-state index in [0.717, 1.165) is 16.3 Å². The first-order valence-electron chi connectivity index (χ1n) is 5.52. The summed E-state index contributed by atoms with van der Waals surface area (Å²) in [7, 11) is 0. The maximum atomic E-state index is 4.53. The van der Waals surface area contributed by atoms with Gasteiger partial charge in [0.2, 0.25) is 0 Å². The molecule has 0 spiro atoms. The Bertz CT molecular complexity index is 345. The van der Waals surface area contributed by atoms with Crippen LogP contribution in [0.5, 0.6) is 0 Å². The summed E-state index contributed by atoms with van der Waals surface area (Å²) in [6, 6.07) is 2.34. The summed E-state index contributed by atoms with van der Waals surface area (Å²) in [5, 5.41) is 3.32. The van der Waals surface area contributed by atoms with Crippen molar-refractivity contribution in [3.63, 3.8) is 0 Å².